The summed E-state index contributed by atoms with van der Waals surface area (Å²) in [6, 6.07) is 10.6. The molecule has 0 bridgehead atoms. The maximum atomic E-state index is 12.1. The van der Waals surface area contributed by atoms with Crippen LogP contribution in [0.3, 0.4) is 0 Å². The number of ketones is 1. The van der Waals surface area contributed by atoms with Crippen molar-refractivity contribution in [1.82, 2.24) is 0 Å². The number of benzene rings is 1. The topological polar surface area (TPSA) is 46.5 Å². The average molecular weight is 389 g/mol. The summed E-state index contributed by atoms with van der Waals surface area (Å²) in [4.78, 5) is 12.1. The number of hydrogen-bond donors (Lipinski definition) is 1. The van der Waals surface area contributed by atoms with Gasteiger partial charge >= 0.3 is 0 Å². The van der Waals surface area contributed by atoms with Gasteiger partial charge in [0.1, 0.15) is 17.5 Å². The molecule has 29 heavy (non-hydrogen) atoms. The molecule has 0 radical (unpaired) electrons. The Morgan fingerprint density at radius 1 is 1.21 bits per heavy atom. The van der Waals surface area contributed by atoms with Gasteiger partial charge in [0.25, 0.3) is 0 Å². The molecule has 150 valence electrons. The van der Waals surface area contributed by atoms with E-state index in [1.807, 2.05) is 19.3 Å². The van der Waals surface area contributed by atoms with E-state index in [1.54, 1.807) is 0 Å². The minimum Gasteiger partial charge on any atom is -0.493 e. The van der Waals surface area contributed by atoms with Gasteiger partial charge in [-0.1, -0.05) is 43.2 Å². The number of fused-ring (bicyclic) bond motifs is 4. The van der Waals surface area contributed by atoms with Crippen LogP contribution in [0.25, 0.3) is 0 Å². The molecule has 1 aromatic carbocycles. The second kappa shape index (κ2) is 6.61. The Kier molecular flexibility index (Phi) is 4.26. The Hall–Kier alpha value is -2.31. The average Bonchev–Trinajstić information content (AvgIpc) is 2.98. The molecule has 5 rings (SSSR count). The Morgan fingerprint density at radius 3 is 2.76 bits per heavy atom. The van der Waals surface area contributed by atoms with Crippen molar-refractivity contribution in [3.8, 4) is 11.8 Å². The lowest BCUT2D eigenvalue weighted by Crippen LogP contribution is -2.53. The van der Waals surface area contributed by atoms with E-state index in [2.05, 4.69) is 43.0 Å². The van der Waals surface area contributed by atoms with Crippen molar-refractivity contribution >= 4 is 5.78 Å². The fraction of sp³-hybridized carbons (Fsp3) is 0.500. The first-order valence-electron chi connectivity index (χ1n) is 10.8. The number of allylic oxidation sites excluding steroid dienone is 2. The molecule has 3 aliphatic carbocycles. The number of hydrogen-bond acceptors (Lipinski definition) is 3. The lowest BCUT2D eigenvalue weighted by atomic mass is 9.55. The van der Waals surface area contributed by atoms with E-state index in [4.69, 9.17) is 4.74 Å². The highest BCUT2D eigenvalue weighted by atomic mass is 16.5. The largest absolute Gasteiger partial charge is 0.493 e. The monoisotopic (exact) mass is 388 g/mol. The molecular weight excluding hydrogens is 360 g/mol. The Labute approximate surface area is 172 Å². The van der Waals surface area contributed by atoms with Crippen molar-refractivity contribution in [1.29, 1.82) is 0 Å². The molecule has 3 heteroatoms. The van der Waals surface area contributed by atoms with Crippen molar-refractivity contribution in [2.75, 3.05) is 0 Å². The summed E-state index contributed by atoms with van der Waals surface area (Å²) in [7, 11) is 0. The van der Waals surface area contributed by atoms with Crippen LogP contribution in [0.2, 0.25) is 0 Å². The van der Waals surface area contributed by atoms with E-state index in [0.717, 1.165) is 24.8 Å². The highest BCUT2D eigenvalue weighted by Gasteiger charge is 2.63. The maximum Gasteiger partial charge on any atom is 0.137 e. The lowest BCUT2D eigenvalue weighted by Gasteiger charge is -2.52. The first-order chi connectivity index (χ1) is 14.0. The predicted octanol–water partition coefficient (Wildman–Crippen LogP) is 4.68. The normalized spacial score (nSPS) is 38.1. The van der Waals surface area contributed by atoms with Crippen LogP contribution >= 0.6 is 0 Å². The third-order valence-electron chi connectivity index (χ3n) is 7.92. The Balaban J connectivity index is 1.67. The molecule has 3 fully saturated rings. The summed E-state index contributed by atoms with van der Waals surface area (Å²) in [6.45, 7) is 4.02. The van der Waals surface area contributed by atoms with Gasteiger partial charge in [-0.2, -0.15) is 0 Å². The summed E-state index contributed by atoms with van der Waals surface area (Å²) >= 11 is 0. The lowest BCUT2D eigenvalue weighted by molar-refractivity contribution is -0.119. The summed E-state index contributed by atoms with van der Waals surface area (Å²) in [6.07, 6.45) is 6.17. The minimum absolute atomic E-state index is 0.0430. The van der Waals surface area contributed by atoms with Crippen LogP contribution in [0.1, 0.15) is 63.9 Å². The quantitative estimate of drug-likeness (QED) is 0.711. The molecule has 4 aliphatic rings. The molecule has 0 aromatic heterocycles. The smallest absolute Gasteiger partial charge is 0.137 e. The number of ether oxygens (including phenoxy) is 1. The van der Waals surface area contributed by atoms with Crippen LogP contribution in [0, 0.1) is 23.2 Å². The first kappa shape index (κ1) is 18.7. The van der Waals surface area contributed by atoms with E-state index in [0.29, 0.717) is 25.0 Å². The SMILES string of the molecule is CC#C[C@]1(O)CC[C@H]2[C@@H]3OC=C4CC(=O)CCC4=C3C(c3ccccc3)C[C@@]21C. The van der Waals surface area contributed by atoms with E-state index in [-0.39, 0.29) is 23.4 Å². The summed E-state index contributed by atoms with van der Waals surface area (Å²) in [5.74, 6) is 6.85. The van der Waals surface area contributed by atoms with Gasteiger partial charge in [0.15, 0.2) is 0 Å². The van der Waals surface area contributed by atoms with E-state index < -0.39 is 5.60 Å². The fourth-order valence-corrected chi connectivity index (χ4v) is 6.41. The van der Waals surface area contributed by atoms with E-state index >= 15 is 0 Å². The minimum atomic E-state index is -0.981. The summed E-state index contributed by atoms with van der Waals surface area (Å²) in [5, 5.41) is 11.6. The standard InChI is InChI=1S/C26H28O3/c1-3-12-26(28)13-11-22-24-23(20-10-9-19(27)14-18(20)16-29-24)21(15-25(22,26)2)17-7-5-4-6-8-17/h4-8,16,21-22,24,28H,9-11,13-15H2,1-2H3/t21?,22-,24-,25-,26-/m0/s1. The molecular formula is C26H28O3. The molecule has 3 saturated carbocycles. The van der Waals surface area contributed by atoms with E-state index in [9.17, 15) is 9.90 Å². The molecule has 0 saturated heterocycles. The van der Waals surface area contributed by atoms with Crippen molar-refractivity contribution < 1.29 is 14.6 Å². The highest BCUT2D eigenvalue weighted by Crippen LogP contribution is 2.64. The molecule has 5 atom stereocenters. The summed E-state index contributed by atoms with van der Waals surface area (Å²) < 4.78 is 6.37. The van der Waals surface area contributed by atoms with Crippen molar-refractivity contribution in [2.45, 2.75) is 70.0 Å². The number of carbonyl (C=O) groups is 1. The van der Waals surface area contributed by atoms with E-state index in [1.165, 1.54) is 16.7 Å². The zero-order chi connectivity index (χ0) is 20.2. The van der Waals surface area contributed by atoms with Crippen molar-refractivity contribution in [3.05, 3.63) is 58.9 Å². The van der Waals surface area contributed by atoms with Crippen LogP contribution in [0.5, 0.6) is 0 Å². The number of carbonyl (C=O) groups excluding carboxylic acids is 1. The molecule has 1 unspecified atom stereocenters. The Morgan fingerprint density at radius 2 is 2.00 bits per heavy atom. The molecule has 3 nitrogen and oxygen atoms in total. The third kappa shape index (κ3) is 2.66. The maximum absolute atomic E-state index is 12.1. The van der Waals surface area contributed by atoms with Gasteiger partial charge in [-0.15, -0.1) is 5.92 Å². The van der Waals surface area contributed by atoms with Gasteiger partial charge in [-0.25, -0.2) is 0 Å². The molecule has 0 spiro atoms. The van der Waals surface area contributed by atoms with Crippen molar-refractivity contribution in [2.24, 2.45) is 11.3 Å². The number of rotatable bonds is 1. The Bertz CT molecular complexity index is 976. The van der Waals surface area contributed by atoms with Gasteiger partial charge in [0.2, 0.25) is 0 Å². The highest BCUT2D eigenvalue weighted by molar-refractivity contribution is 5.84. The van der Waals surface area contributed by atoms with Gasteiger partial charge in [0, 0.05) is 30.1 Å². The molecule has 1 aromatic rings. The van der Waals surface area contributed by atoms with Crippen LogP contribution in [-0.4, -0.2) is 22.6 Å². The van der Waals surface area contributed by atoms with Gasteiger partial charge in [-0.3, -0.25) is 4.79 Å². The van der Waals surface area contributed by atoms with Crippen LogP contribution in [0.4, 0.5) is 0 Å². The van der Waals surface area contributed by atoms with Gasteiger partial charge in [0.05, 0.1) is 6.26 Å². The van der Waals surface area contributed by atoms with Gasteiger partial charge < -0.3 is 9.84 Å². The fourth-order valence-electron chi connectivity index (χ4n) is 6.41. The summed E-state index contributed by atoms with van der Waals surface area (Å²) in [5.41, 5.74) is 3.72. The third-order valence-corrected chi connectivity index (χ3v) is 7.92. The van der Waals surface area contributed by atoms with Gasteiger partial charge in [-0.05, 0) is 54.9 Å². The van der Waals surface area contributed by atoms with Crippen molar-refractivity contribution in [3.63, 3.8) is 0 Å². The molecule has 1 N–H and O–H groups in total. The predicted molar refractivity (Wildman–Crippen MR) is 112 cm³/mol. The zero-order valence-electron chi connectivity index (χ0n) is 17.2. The second-order valence-electron chi connectivity index (χ2n) is 9.31. The first-order valence-corrected chi connectivity index (χ1v) is 10.8. The second-order valence-corrected chi connectivity index (χ2v) is 9.31. The van der Waals surface area contributed by atoms with Crippen LogP contribution in [0.15, 0.2) is 53.3 Å². The van der Waals surface area contributed by atoms with Crippen LogP contribution in [-0.2, 0) is 9.53 Å². The number of aliphatic hydroxyl groups is 1. The molecule has 0 amide bonds. The van der Waals surface area contributed by atoms with Crippen LogP contribution < -0.4 is 0 Å². The zero-order valence-corrected chi connectivity index (χ0v) is 17.2. The molecule has 1 heterocycles. The molecule has 1 aliphatic heterocycles. The number of Topliss-reactive ketones (excluding diaryl/α,β-unsaturated/α-hetero) is 1.